The average molecular weight is 272 g/mol. The number of hydrogen-bond acceptors (Lipinski definition) is 5. The zero-order valence-electron chi connectivity index (χ0n) is 10.6. The second-order valence-corrected chi connectivity index (χ2v) is 4.44. The molecule has 6 nitrogen and oxygen atoms in total. The van der Waals surface area contributed by atoms with E-state index >= 15 is 0 Å². The molecule has 6 heteroatoms. The number of nitrogens with zero attached hydrogens (tertiary/aromatic N) is 2. The molecule has 0 amide bonds. The van der Waals surface area contributed by atoms with E-state index in [9.17, 15) is 10.1 Å². The van der Waals surface area contributed by atoms with Crippen LogP contribution in [-0.2, 0) is 6.42 Å². The maximum absolute atomic E-state index is 10.5. The van der Waals surface area contributed by atoms with Gasteiger partial charge in [0, 0.05) is 12.1 Å². The minimum absolute atomic E-state index is 0.0591. The highest BCUT2D eigenvalue weighted by Gasteiger charge is 2.12. The van der Waals surface area contributed by atoms with Gasteiger partial charge in [-0.25, -0.2) is 4.98 Å². The number of hydrogen-bond donors (Lipinski definition) is 0. The van der Waals surface area contributed by atoms with Crippen LogP contribution < -0.4 is 9.47 Å². The molecular formula is C14H12N2O4. The van der Waals surface area contributed by atoms with Gasteiger partial charge in [0.1, 0.15) is 17.7 Å². The van der Waals surface area contributed by atoms with Gasteiger partial charge in [0.2, 0.25) is 5.88 Å². The predicted molar refractivity (Wildman–Crippen MR) is 71.2 cm³/mol. The van der Waals surface area contributed by atoms with Crippen LogP contribution in [0.25, 0.3) is 0 Å². The van der Waals surface area contributed by atoms with E-state index in [1.807, 2.05) is 12.1 Å². The molecule has 1 aromatic carbocycles. The largest absolute Gasteiger partial charge is 0.493 e. The van der Waals surface area contributed by atoms with Crippen molar-refractivity contribution in [2.45, 2.75) is 12.8 Å². The summed E-state index contributed by atoms with van der Waals surface area (Å²) in [6.45, 7) is 0.747. The van der Waals surface area contributed by atoms with Crippen LogP contribution in [0.5, 0.6) is 17.4 Å². The molecule has 0 fully saturated rings. The van der Waals surface area contributed by atoms with Gasteiger partial charge < -0.3 is 9.47 Å². The molecular weight excluding hydrogens is 260 g/mol. The summed E-state index contributed by atoms with van der Waals surface area (Å²) in [6.07, 6.45) is 3.13. The van der Waals surface area contributed by atoms with E-state index in [1.54, 1.807) is 6.07 Å². The highest BCUT2D eigenvalue weighted by molar-refractivity contribution is 5.42. The maximum atomic E-state index is 10.5. The maximum Gasteiger partial charge on any atom is 0.287 e. The van der Waals surface area contributed by atoms with E-state index in [2.05, 4.69) is 4.98 Å². The fraction of sp³-hybridized carbons (Fsp3) is 0.214. The van der Waals surface area contributed by atoms with Gasteiger partial charge in [0.15, 0.2) is 0 Å². The molecule has 0 N–H and O–H groups in total. The van der Waals surface area contributed by atoms with Crippen molar-refractivity contribution in [3.05, 3.63) is 52.2 Å². The number of fused-ring (bicyclic) bond motifs is 1. The number of pyridine rings is 1. The molecule has 0 bridgehead atoms. The number of aryl methyl sites for hydroxylation is 1. The third kappa shape index (κ3) is 2.54. The summed E-state index contributed by atoms with van der Waals surface area (Å²) in [5, 5.41) is 10.5. The summed E-state index contributed by atoms with van der Waals surface area (Å²) in [7, 11) is 0. The van der Waals surface area contributed by atoms with Crippen LogP contribution >= 0.6 is 0 Å². The van der Waals surface area contributed by atoms with E-state index in [4.69, 9.17) is 9.47 Å². The van der Waals surface area contributed by atoms with Crippen molar-refractivity contribution in [2.75, 3.05) is 6.61 Å². The molecule has 0 aliphatic carbocycles. The van der Waals surface area contributed by atoms with E-state index in [0.29, 0.717) is 11.6 Å². The first-order chi connectivity index (χ1) is 9.72. The Morgan fingerprint density at radius 3 is 2.95 bits per heavy atom. The van der Waals surface area contributed by atoms with Crippen LogP contribution in [0.4, 0.5) is 5.69 Å². The van der Waals surface area contributed by atoms with E-state index in [0.717, 1.165) is 30.8 Å². The smallest absolute Gasteiger partial charge is 0.287 e. The Kier molecular flexibility index (Phi) is 3.20. The van der Waals surface area contributed by atoms with Crippen LogP contribution in [0.15, 0.2) is 36.5 Å². The molecule has 0 spiro atoms. The quantitative estimate of drug-likeness (QED) is 0.634. The molecule has 1 aromatic heterocycles. The summed E-state index contributed by atoms with van der Waals surface area (Å²) < 4.78 is 11.1. The van der Waals surface area contributed by atoms with Gasteiger partial charge in [-0.3, -0.25) is 10.1 Å². The molecule has 2 aromatic rings. The van der Waals surface area contributed by atoms with Gasteiger partial charge in [-0.15, -0.1) is 0 Å². The molecule has 2 heterocycles. The van der Waals surface area contributed by atoms with Crippen LogP contribution in [0.1, 0.15) is 12.0 Å². The normalized spacial score (nSPS) is 13.2. The summed E-state index contributed by atoms with van der Waals surface area (Å²) in [5.74, 6) is 1.86. The lowest BCUT2D eigenvalue weighted by atomic mass is 10.1. The summed E-state index contributed by atoms with van der Waals surface area (Å²) in [6, 6.07) is 8.43. The Balaban J connectivity index is 1.78. The third-order valence-electron chi connectivity index (χ3n) is 3.03. The number of nitro groups is 1. The van der Waals surface area contributed by atoms with Gasteiger partial charge in [-0.05, 0) is 36.6 Å². The van der Waals surface area contributed by atoms with Crippen LogP contribution in [0.3, 0.4) is 0 Å². The Hall–Kier alpha value is -2.63. The molecule has 20 heavy (non-hydrogen) atoms. The van der Waals surface area contributed by atoms with Crippen molar-refractivity contribution < 1.29 is 14.4 Å². The zero-order valence-corrected chi connectivity index (χ0v) is 10.6. The third-order valence-corrected chi connectivity index (χ3v) is 3.03. The van der Waals surface area contributed by atoms with Gasteiger partial charge in [-0.2, -0.15) is 0 Å². The molecule has 0 saturated carbocycles. The Morgan fingerprint density at radius 1 is 1.30 bits per heavy atom. The number of ether oxygens (including phenoxy) is 2. The Labute approximate surface area is 115 Å². The monoisotopic (exact) mass is 272 g/mol. The first kappa shape index (κ1) is 12.4. The first-order valence-corrected chi connectivity index (χ1v) is 6.26. The highest BCUT2D eigenvalue weighted by atomic mass is 16.6. The zero-order chi connectivity index (χ0) is 13.9. The lowest BCUT2D eigenvalue weighted by Gasteiger charge is -2.17. The molecule has 0 atom stereocenters. The topological polar surface area (TPSA) is 74.5 Å². The average Bonchev–Trinajstić information content (AvgIpc) is 2.48. The van der Waals surface area contributed by atoms with E-state index in [1.165, 1.54) is 18.3 Å². The summed E-state index contributed by atoms with van der Waals surface area (Å²) in [4.78, 5) is 14.0. The highest BCUT2D eigenvalue weighted by Crippen LogP contribution is 2.30. The fourth-order valence-electron chi connectivity index (χ4n) is 2.06. The van der Waals surface area contributed by atoms with Gasteiger partial charge in [0.05, 0.1) is 11.5 Å². The van der Waals surface area contributed by atoms with Crippen molar-refractivity contribution in [1.29, 1.82) is 0 Å². The molecule has 3 rings (SSSR count). The Bertz CT molecular complexity index is 640. The van der Waals surface area contributed by atoms with Gasteiger partial charge in [0.25, 0.3) is 5.69 Å². The van der Waals surface area contributed by atoms with E-state index in [-0.39, 0.29) is 5.69 Å². The number of benzene rings is 1. The minimum atomic E-state index is -0.493. The summed E-state index contributed by atoms with van der Waals surface area (Å²) >= 11 is 0. The van der Waals surface area contributed by atoms with Crippen molar-refractivity contribution in [3.63, 3.8) is 0 Å². The van der Waals surface area contributed by atoms with Gasteiger partial charge >= 0.3 is 0 Å². The van der Waals surface area contributed by atoms with Crippen molar-refractivity contribution in [2.24, 2.45) is 0 Å². The fourth-order valence-corrected chi connectivity index (χ4v) is 2.06. The second kappa shape index (κ2) is 5.16. The van der Waals surface area contributed by atoms with Crippen molar-refractivity contribution >= 4 is 5.69 Å². The molecule has 0 radical (unpaired) electrons. The van der Waals surface area contributed by atoms with Crippen LogP contribution in [0, 0.1) is 10.1 Å². The number of rotatable bonds is 3. The van der Waals surface area contributed by atoms with Crippen LogP contribution in [-0.4, -0.2) is 16.5 Å². The SMILES string of the molecule is O=[N+]([O-])c1ccc(Oc2ccc3c(c2)CCCO3)nc1. The van der Waals surface area contributed by atoms with Gasteiger partial charge in [-0.1, -0.05) is 0 Å². The second-order valence-electron chi connectivity index (χ2n) is 4.44. The molecule has 102 valence electrons. The Morgan fingerprint density at radius 2 is 2.20 bits per heavy atom. The standard InChI is InChI=1S/C14H12N2O4/c17-16(18)11-3-6-14(15-9-11)20-12-4-5-13-10(8-12)2-1-7-19-13/h3-6,8-9H,1-2,7H2. The lowest BCUT2D eigenvalue weighted by Crippen LogP contribution is -2.08. The van der Waals surface area contributed by atoms with Crippen molar-refractivity contribution in [1.82, 2.24) is 4.98 Å². The number of aromatic nitrogens is 1. The minimum Gasteiger partial charge on any atom is -0.493 e. The first-order valence-electron chi connectivity index (χ1n) is 6.26. The molecule has 0 saturated heterocycles. The van der Waals surface area contributed by atoms with Crippen LogP contribution in [0.2, 0.25) is 0 Å². The van der Waals surface area contributed by atoms with E-state index < -0.39 is 4.92 Å². The predicted octanol–water partition coefficient (Wildman–Crippen LogP) is 3.11. The summed E-state index contributed by atoms with van der Waals surface area (Å²) in [5.41, 5.74) is 1.05. The lowest BCUT2D eigenvalue weighted by molar-refractivity contribution is -0.385. The van der Waals surface area contributed by atoms with Crippen molar-refractivity contribution in [3.8, 4) is 17.4 Å². The molecule has 1 aliphatic heterocycles. The molecule has 0 unspecified atom stereocenters. The molecule has 1 aliphatic rings.